The highest BCUT2D eigenvalue weighted by molar-refractivity contribution is 5.76. The quantitative estimate of drug-likeness (QED) is 0.0329. The van der Waals surface area contributed by atoms with Gasteiger partial charge in [-0.2, -0.15) is 0 Å². The van der Waals surface area contributed by atoms with Crippen LogP contribution in [0.3, 0.4) is 0 Å². The Balaban J connectivity index is 3.54. The highest BCUT2D eigenvalue weighted by Crippen LogP contribution is 2.13. The number of hydrogen-bond acceptors (Lipinski definition) is 5. The van der Waals surface area contributed by atoms with E-state index in [1.165, 1.54) is 128 Å². The SMILES string of the molecule is CCCCCCCCC/C=C\CCCCCCCCCC(=O)OCCCCCC/C=C\CCCC(=O)NC(CO)C(O)/C=C/CCCCCCCCC. The van der Waals surface area contributed by atoms with E-state index in [9.17, 15) is 19.8 Å². The summed E-state index contributed by atoms with van der Waals surface area (Å²) >= 11 is 0. The molecule has 0 heterocycles. The van der Waals surface area contributed by atoms with Crippen molar-refractivity contribution in [1.82, 2.24) is 5.32 Å². The second-order valence-corrected chi connectivity index (χ2v) is 15.4. The molecule has 2 atom stereocenters. The second-order valence-electron chi connectivity index (χ2n) is 15.4. The van der Waals surface area contributed by atoms with Crippen molar-refractivity contribution in [2.24, 2.45) is 0 Å². The summed E-state index contributed by atoms with van der Waals surface area (Å²) in [6, 6.07) is -0.663. The van der Waals surface area contributed by atoms with Gasteiger partial charge in [0.2, 0.25) is 5.91 Å². The Kier molecular flexibility index (Phi) is 41.3. The van der Waals surface area contributed by atoms with Crippen LogP contribution in [0.25, 0.3) is 0 Å². The Bertz CT molecular complexity index is 869. The Morgan fingerprint density at radius 3 is 1.38 bits per heavy atom. The fourth-order valence-corrected chi connectivity index (χ4v) is 6.57. The van der Waals surface area contributed by atoms with E-state index in [4.69, 9.17) is 4.74 Å². The number of carbonyl (C=O) groups is 2. The van der Waals surface area contributed by atoms with Crippen molar-refractivity contribution in [1.29, 1.82) is 0 Å². The zero-order valence-corrected chi connectivity index (χ0v) is 35.0. The van der Waals surface area contributed by atoms with E-state index < -0.39 is 12.1 Å². The predicted octanol–water partition coefficient (Wildman–Crippen LogP) is 12.9. The summed E-state index contributed by atoms with van der Waals surface area (Å²) in [6.07, 6.45) is 50.0. The molecule has 0 aliphatic heterocycles. The summed E-state index contributed by atoms with van der Waals surface area (Å²) in [5.41, 5.74) is 0. The first-order valence-electron chi connectivity index (χ1n) is 22.8. The van der Waals surface area contributed by atoms with Crippen LogP contribution in [0.2, 0.25) is 0 Å². The molecule has 0 aliphatic carbocycles. The molecule has 0 saturated heterocycles. The van der Waals surface area contributed by atoms with E-state index in [1.807, 2.05) is 6.08 Å². The number of allylic oxidation sites excluding steroid dienone is 5. The highest BCUT2D eigenvalue weighted by Gasteiger charge is 2.17. The summed E-state index contributed by atoms with van der Waals surface area (Å²) in [4.78, 5) is 24.3. The molecule has 0 saturated carbocycles. The van der Waals surface area contributed by atoms with E-state index in [0.29, 0.717) is 19.4 Å². The maximum absolute atomic E-state index is 12.3. The molecule has 0 fully saturated rings. The molecular formula is C47H87NO5. The second kappa shape index (κ2) is 42.8. The van der Waals surface area contributed by atoms with Crippen LogP contribution in [0.1, 0.15) is 226 Å². The number of carbonyl (C=O) groups excluding carboxylic acids is 2. The highest BCUT2D eigenvalue weighted by atomic mass is 16.5. The van der Waals surface area contributed by atoms with Crippen LogP contribution in [0.5, 0.6) is 0 Å². The largest absolute Gasteiger partial charge is 0.466 e. The fourth-order valence-electron chi connectivity index (χ4n) is 6.57. The number of nitrogens with one attached hydrogen (secondary N) is 1. The smallest absolute Gasteiger partial charge is 0.305 e. The summed E-state index contributed by atoms with van der Waals surface area (Å²) in [7, 11) is 0. The van der Waals surface area contributed by atoms with Crippen molar-refractivity contribution in [2.45, 2.75) is 238 Å². The van der Waals surface area contributed by atoms with Crippen molar-refractivity contribution in [3.63, 3.8) is 0 Å². The molecule has 0 aromatic rings. The molecule has 310 valence electrons. The topological polar surface area (TPSA) is 95.9 Å². The minimum atomic E-state index is -0.873. The Morgan fingerprint density at radius 2 is 0.906 bits per heavy atom. The lowest BCUT2D eigenvalue weighted by Gasteiger charge is -2.19. The van der Waals surface area contributed by atoms with Gasteiger partial charge in [0.05, 0.1) is 25.4 Å². The van der Waals surface area contributed by atoms with Gasteiger partial charge in [-0.15, -0.1) is 0 Å². The Labute approximate surface area is 328 Å². The van der Waals surface area contributed by atoms with Crippen molar-refractivity contribution in [3.8, 4) is 0 Å². The lowest BCUT2D eigenvalue weighted by Crippen LogP contribution is -2.45. The zero-order valence-electron chi connectivity index (χ0n) is 35.0. The molecule has 0 spiro atoms. The van der Waals surface area contributed by atoms with Gasteiger partial charge in [0.25, 0.3) is 0 Å². The van der Waals surface area contributed by atoms with Crippen LogP contribution in [0.4, 0.5) is 0 Å². The zero-order chi connectivity index (χ0) is 38.7. The fraction of sp³-hybridized carbons (Fsp3) is 0.830. The molecule has 0 aliphatic rings. The third kappa shape index (κ3) is 39.6. The van der Waals surface area contributed by atoms with Gasteiger partial charge in [-0.05, 0) is 77.0 Å². The van der Waals surface area contributed by atoms with Crippen molar-refractivity contribution >= 4 is 11.9 Å². The number of esters is 1. The van der Waals surface area contributed by atoms with E-state index in [1.54, 1.807) is 6.08 Å². The number of ether oxygens (including phenoxy) is 1. The Hall–Kier alpha value is -1.92. The minimum Gasteiger partial charge on any atom is -0.466 e. The normalized spacial score (nSPS) is 13.1. The van der Waals surface area contributed by atoms with Crippen molar-refractivity contribution < 1.29 is 24.5 Å². The monoisotopic (exact) mass is 746 g/mol. The number of hydrogen-bond donors (Lipinski definition) is 3. The molecule has 1 amide bonds. The summed E-state index contributed by atoms with van der Waals surface area (Å²) < 4.78 is 5.43. The first-order chi connectivity index (χ1) is 26.0. The first kappa shape index (κ1) is 51.1. The number of rotatable bonds is 41. The van der Waals surface area contributed by atoms with E-state index in [0.717, 1.165) is 70.6 Å². The lowest BCUT2D eigenvalue weighted by atomic mass is 10.1. The van der Waals surface area contributed by atoms with Crippen LogP contribution < -0.4 is 5.32 Å². The van der Waals surface area contributed by atoms with Gasteiger partial charge < -0.3 is 20.3 Å². The molecule has 53 heavy (non-hydrogen) atoms. The van der Waals surface area contributed by atoms with Crippen LogP contribution in [0, 0.1) is 0 Å². The van der Waals surface area contributed by atoms with Gasteiger partial charge in [0, 0.05) is 12.8 Å². The van der Waals surface area contributed by atoms with E-state index in [-0.39, 0.29) is 18.5 Å². The maximum Gasteiger partial charge on any atom is 0.305 e. The van der Waals surface area contributed by atoms with Crippen LogP contribution in [0.15, 0.2) is 36.5 Å². The number of unbranched alkanes of at least 4 members (excludes halogenated alkanes) is 26. The van der Waals surface area contributed by atoms with Gasteiger partial charge in [0.15, 0.2) is 0 Å². The minimum absolute atomic E-state index is 0.0427. The molecule has 6 nitrogen and oxygen atoms in total. The number of amides is 1. The molecular weight excluding hydrogens is 659 g/mol. The van der Waals surface area contributed by atoms with Crippen LogP contribution in [-0.4, -0.2) is 47.4 Å². The van der Waals surface area contributed by atoms with Gasteiger partial charge in [-0.25, -0.2) is 0 Å². The molecule has 0 rings (SSSR count). The molecule has 0 aromatic carbocycles. The van der Waals surface area contributed by atoms with Crippen molar-refractivity contribution in [3.05, 3.63) is 36.5 Å². The first-order valence-corrected chi connectivity index (χ1v) is 22.8. The van der Waals surface area contributed by atoms with Crippen LogP contribution in [-0.2, 0) is 14.3 Å². The lowest BCUT2D eigenvalue weighted by molar-refractivity contribution is -0.143. The van der Waals surface area contributed by atoms with Crippen molar-refractivity contribution in [2.75, 3.05) is 13.2 Å². The summed E-state index contributed by atoms with van der Waals surface area (Å²) in [5.74, 6) is -0.176. The Morgan fingerprint density at radius 1 is 0.509 bits per heavy atom. The molecule has 0 aromatic heterocycles. The summed E-state index contributed by atoms with van der Waals surface area (Å²) in [5, 5.41) is 22.8. The number of aliphatic hydroxyl groups excluding tert-OH is 2. The van der Waals surface area contributed by atoms with Crippen LogP contribution >= 0.6 is 0 Å². The average Bonchev–Trinajstić information content (AvgIpc) is 3.16. The van der Waals surface area contributed by atoms with Gasteiger partial charge in [-0.3, -0.25) is 9.59 Å². The van der Waals surface area contributed by atoms with Gasteiger partial charge in [0.1, 0.15) is 0 Å². The third-order valence-electron chi connectivity index (χ3n) is 10.1. The molecule has 3 N–H and O–H groups in total. The summed E-state index contributed by atoms with van der Waals surface area (Å²) in [6.45, 7) is 4.76. The third-order valence-corrected chi connectivity index (χ3v) is 10.1. The molecule has 0 bridgehead atoms. The maximum atomic E-state index is 12.3. The van der Waals surface area contributed by atoms with Gasteiger partial charge >= 0.3 is 5.97 Å². The number of aliphatic hydroxyl groups is 2. The van der Waals surface area contributed by atoms with E-state index >= 15 is 0 Å². The standard InChI is InChI=1S/C47H87NO5/c1-3-5-7-9-11-13-14-15-16-17-18-19-20-21-25-29-33-37-41-47(52)53-42-38-34-30-26-22-24-28-32-36-40-46(51)48-44(43-49)45(50)39-35-31-27-23-12-10-8-6-4-2/h16-17,24,28,35,39,44-45,49-50H,3-15,18-23,25-27,29-34,36-38,40-43H2,1-2H3,(H,48,51)/b17-16-,28-24-,39-35+. The van der Waals surface area contributed by atoms with Gasteiger partial charge in [-0.1, -0.05) is 172 Å². The average molecular weight is 746 g/mol. The van der Waals surface area contributed by atoms with E-state index in [2.05, 4.69) is 43.5 Å². The molecule has 6 heteroatoms. The predicted molar refractivity (Wildman–Crippen MR) is 227 cm³/mol. The molecule has 2 unspecified atom stereocenters. The molecule has 0 radical (unpaired) electrons.